The first-order valence-electron chi connectivity index (χ1n) is 24.5. The number of carbonyl (C=O) groups excluding carboxylic acids is 5. The van der Waals surface area contributed by atoms with Crippen molar-refractivity contribution in [3.05, 3.63) is 70.6 Å². The van der Waals surface area contributed by atoms with Crippen LogP contribution in [0.1, 0.15) is 78.0 Å². The van der Waals surface area contributed by atoms with Gasteiger partial charge in [0.2, 0.25) is 29.5 Å². The zero-order chi connectivity index (χ0) is 51.7. The van der Waals surface area contributed by atoms with Crippen molar-refractivity contribution in [3.63, 3.8) is 0 Å². The SMILES string of the molecule is CC(=O)N[C@H](C(=O)N1C[C@H](O)C[C@H]1C(=O)NCc1ccc(-c2scnc2C)cc1OCCCN1CCN(C(=O)CC(=O)Nc2cccc(Sc3cnc(N4CCC(C)(CN)CC4)cn3)c2Cl)CC1)C(C)(C)C. The minimum absolute atomic E-state index is 0.0157. The summed E-state index contributed by atoms with van der Waals surface area (Å²) in [6.45, 7) is 16.9. The molecule has 72 heavy (non-hydrogen) atoms. The van der Waals surface area contributed by atoms with E-state index in [9.17, 15) is 29.1 Å². The van der Waals surface area contributed by atoms with Crippen LogP contribution >= 0.6 is 34.7 Å². The first-order chi connectivity index (χ1) is 34.3. The van der Waals surface area contributed by atoms with Crippen molar-refractivity contribution in [1.29, 1.82) is 0 Å². The number of aliphatic hydroxyl groups excluding tert-OH is 1. The molecule has 6 N–H and O–H groups in total. The fourth-order valence-corrected chi connectivity index (χ4v) is 11.0. The fraction of sp³-hybridized carbons (Fsp3) is 0.529. The molecule has 3 aliphatic heterocycles. The molecule has 0 unspecified atom stereocenters. The number of aryl methyl sites for hydroxylation is 1. The van der Waals surface area contributed by atoms with Crippen LogP contribution in [0, 0.1) is 17.8 Å². The smallest absolute Gasteiger partial charge is 0.246 e. The summed E-state index contributed by atoms with van der Waals surface area (Å²) in [4.78, 5) is 88.9. The maximum Gasteiger partial charge on any atom is 0.246 e. The number of aliphatic hydroxyl groups is 1. The molecule has 3 saturated heterocycles. The van der Waals surface area contributed by atoms with E-state index in [1.807, 2.05) is 52.0 Å². The van der Waals surface area contributed by atoms with Gasteiger partial charge in [-0.05, 0) is 67.3 Å². The van der Waals surface area contributed by atoms with Gasteiger partial charge in [-0.15, -0.1) is 11.3 Å². The van der Waals surface area contributed by atoms with Crippen molar-refractivity contribution in [2.24, 2.45) is 16.6 Å². The molecule has 0 bridgehead atoms. The summed E-state index contributed by atoms with van der Waals surface area (Å²) in [6.07, 6.45) is 5.08. The summed E-state index contributed by atoms with van der Waals surface area (Å²) in [5.74, 6) is -0.474. The van der Waals surface area contributed by atoms with Crippen LogP contribution in [0.15, 0.2) is 64.2 Å². The summed E-state index contributed by atoms with van der Waals surface area (Å²) < 4.78 is 6.41. The number of piperidine rings is 1. The molecule has 388 valence electrons. The van der Waals surface area contributed by atoms with E-state index in [0.29, 0.717) is 72.1 Å². The van der Waals surface area contributed by atoms with Gasteiger partial charge < -0.3 is 46.2 Å². The highest BCUT2D eigenvalue weighted by Crippen LogP contribution is 2.38. The lowest BCUT2D eigenvalue weighted by atomic mass is 9.80. The van der Waals surface area contributed by atoms with E-state index in [1.54, 1.807) is 34.9 Å². The highest BCUT2D eigenvalue weighted by atomic mass is 35.5. The van der Waals surface area contributed by atoms with Crippen LogP contribution in [-0.2, 0) is 30.5 Å². The third-order valence-electron chi connectivity index (χ3n) is 13.6. The molecule has 0 aliphatic carbocycles. The summed E-state index contributed by atoms with van der Waals surface area (Å²) in [6, 6.07) is 9.38. The van der Waals surface area contributed by atoms with E-state index >= 15 is 0 Å². The van der Waals surface area contributed by atoms with Gasteiger partial charge >= 0.3 is 0 Å². The lowest BCUT2D eigenvalue weighted by Crippen LogP contribution is -2.57. The molecule has 7 rings (SSSR count). The molecule has 3 fully saturated rings. The van der Waals surface area contributed by atoms with Gasteiger partial charge in [-0.25, -0.2) is 15.0 Å². The first-order valence-corrected chi connectivity index (χ1v) is 26.6. The Bertz CT molecular complexity index is 2560. The van der Waals surface area contributed by atoms with Crippen molar-refractivity contribution in [1.82, 2.24) is 40.3 Å². The second-order valence-corrected chi connectivity index (χ2v) is 22.6. The number of halogens is 1. The van der Waals surface area contributed by atoms with Crippen LogP contribution in [0.4, 0.5) is 11.5 Å². The van der Waals surface area contributed by atoms with Gasteiger partial charge in [0.05, 0.1) is 51.9 Å². The minimum atomic E-state index is -0.916. The Balaban J connectivity index is 0.869. The Labute approximate surface area is 435 Å². The number of piperazine rings is 1. The zero-order valence-electron chi connectivity index (χ0n) is 42.0. The van der Waals surface area contributed by atoms with Crippen molar-refractivity contribution in [2.45, 2.75) is 108 Å². The third-order valence-corrected chi connectivity index (χ3v) is 16.1. The molecule has 2 aromatic heterocycles. The van der Waals surface area contributed by atoms with Crippen molar-refractivity contribution in [2.75, 3.05) is 75.7 Å². The monoisotopic (exact) mass is 1050 g/mol. The minimum Gasteiger partial charge on any atom is -0.493 e. The van der Waals surface area contributed by atoms with Gasteiger partial charge in [0.1, 0.15) is 35.1 Å². The second-order valence-electron chi connectivity index (χ2n) is 20.3. The van der Waals surface area contributed by atoms with E-state index in [1.165, 1.54) is 34.9 Å². The number of rotatable bonds is 18. The van der Waals surface area contributed by atoms with Crippen LogP contribution in [-0.4, -0.2) is 148 Å². The second kappa shape index (κ2) is 24.1. The topological polar surface area (TPSA) is 229 Å². The molecule has 2 aromatic carbocycles. The van der Waals surface area contributed by atoms with Gasteiger partial charge in [0.25, 0.3) is 0 Å². The molecular formula is C51H68ClN11O7S2. The number of nitrogens with two attached hydrogens (primary N) is 1. The normalized spacial score (nSPS) is 18.7. The first kappa shape index (κ1) is 54.4. The number of likely N-dealkylation sites (tertiary alicyclic amines) is 1. The fourth-order valence-electron chi connectivity index (χ4n) is 9.12. The van der Waals surface area contributed by atoms with Gasteiger partial charge in [-0.3, -0.25) is 28.9 Å². The lowest BCUT2D eigenvalue weighted by molar-refractivity contribution is -0.143. The molecule has 0 saturated carbocycles. The van der Waals surface area contributed by atoms with Gasteiger partial charge in [0, 0.05) is 82.7 Å². The number of hydrogen-bond donors (Lipinski definition) is 5. The predicted molar refractivity (Wildman–Crippen MR) is 280 cm³/mol. The summed E-state index contributed by atoms with van der Waals surface area (Å²) in [7, 11) is 0. The molecular weight excluding hydrogens is 978 g/mol. The largest absolute Gasteiger partial charge is 0.493 e. The molecule has 21 heteroatoms. The Hall–Kier alpha value is -5.38. The van der Waals surface area contributed by atoms with Crippen molar-refractivity contribution < 1.29 is 33.8 Å². The summed E-state index contributed by atoms with van der Waals surface area (Å²) >= 11 is 9.64. The van der Waals surface area contributed by atoms with E-state index in [-0.39, 0.29) is 43.2 Å². The number of ether oxygens (including phenoxy) is 1. The third kappa shape index (κ3) is 14.0. The molecule has 5 heterocycles. The molecule has 5 amide bonds. The van der Waals surface area contributed by atoms with E-state index in [0.717, 1.165) is 60.0 Å². The van der Waals surface area contributed by atoms with E-state index < -0.39 is 41.3 Å². The Morgan fingerprint density at radius 2 is 1.78 bits per heavy atom. The van der Waals surface area contributed by atoms with E-state index in [2.05, 4.69) is 47.6 Å². The Kier molecular flexibility index (Phi) is 18.2. The number of anilines is 2. The van der Waals surface area contributed by atoms with Crippen LogP contribution in [0.5, 0.6) is 5.75 Å². The van der Waals surface area contributed by atoms with Crippen molar-refractivity contribution in [3.8, 4) is 16.2 Å². The Morgan fingerprint density at radius 1 is 1.03 bits per heavy atom. The number of β-amino-alcohol motifs (C(OH)–C–C–N with tert-alkyl or cyclic N) is 1. The molecule has 4 aromatic rings. The van der Waals surface area contributed by atoms with Gasteiger partial charge in [0.15, 0.2) is 0 Å². The van der Waals surface area contributed by atoms with Crippen LogP contribution in [0.3, 0.4) is 0 Å². The highest BCUT2D eigenvalue weighted by molar-refractivity contribution is 7.99. The molecule has 0 spiro atoms. The van der Waals surface area contributed by atoms with Gasteiger partial charge in [-0.2, -0.15) is 0 Å². The predicted octanol–water partition coefficient (Wildman–Crippen LogP) is 5.35. The van der Waals surface area contributed by atoms with Crippen LogP contribution in [0.25, 0.3) is 10.4 Å². The number of nitrogens with zero attached hydrogens (tertiary/aromatic N) is 7. The standard InChI is InChI=1S/C51H68ClN11O7S2/c1-32-46(71-31-57-32)34-11-12-35(26-56-48(68)38-24-36(65)29-63(38)49(69)47(50(3,4)5)58-33(2)64)39(23-34)70-22-8-15-60-18-20-62(21-19-60)44(67)25-42(66)59-37-9-7-10-40(45(37)52)72-43-28-54-41(27-55-43)61-16-13-51(6,30-53)14-17-61/h7,9-12,23,27-28,31,36,38,47,65H,8,13-22,24-26,29-30,53H2,1-6H3,(H,56,68)(H,58,64)(H,59,66)/t36-,38+,47-/m1/s1. The Morgan fingerprint density at radius 3 is 2.43 bits per heavy atom. The quantitative estimate of drug-likeness (QED) is 0.0626. The number of hydrogen-bond acceptors (Lipinski definition) is 15. The number of aromatic nitrogens is 3. The average molecular weight is 1050 g/mol. The van der Waals surface area contributed by atoms with Gasteiger partial charge in [-0.1, -0.05) is 69.3 Å². The molecule has 3 aliphatic rings. The zero-order valence-corrected chi connectivity index (χ0v) is 44.4. The highest BCUT2D eigenvalue weighted by Gasteiger charge is 2.44. The maximum atomic E-state index is 13.8. The summed E-state index contributed by atoms with van der Waals surface area (Å²) in [5, 5.41) is 20.1. The number of nitrogens with one attached hydrogen (secondary N) is 3. The molecule has 18 nitrogen and oxygen atoms in total. The lowest BCUT2D eigenvalue weighted by Gasteiger charge is -2.39. The number of benzene rings is 2. The van der Waals surface area contributed by atoms with E-state index in [4.69, 9.17) is 22.1 Å². The maximum absolute atomic E-state index is 13.8. The van der Waals surface area contributed by atoms with Crippen LogP contribution < -0.4 is 31.3 Å². The molecule has 0 radical (unpaired) electrons. The number of carbonyl (C=O) groups is 5. The van der Waals surface area contributed by atoms with Crippen LogP contribution in [0.2, 0.25) is 5.02 Å². The molecule has 3 atom stereocenters. The van der Waals surface area contributed by atoms with Crippen molar-refractivity contribution >= 4 is 75.7 Å². The number of thiazole rings is 1. The number of amides is 5. The summed E-state index contributed by atoms with van der Waals surface area (Å²) in [5.41, 5.74) is 10.3. The average Bonchev–Trinajstić information content (AvgIpc) is 3.97.